The Balaban J connectivity index is 1.70. The summed E-state index contributed by atoms with van der Waals surface area (Å²) in [6, 6.07) is 11.1. The highest BCUT2D eigenvalue weighted by molar-refractivity contribution is 5.88. The summed E-state index contributed by atoms with van der Waals surface area (Å²) in [6.07, 6.45) is -1.16. The van der Waals surface area contributed by atoms with Crippen LogP contribution in [0.5, 0.6) is 5.75 Å². The molecule has 148 valence electrons. The van der Waals surface area contributed by atoms with E-state index in [4.69, 9.17) is 4.74 Å². The number of nitrogens with one attached hydrogen (secondary N) is 3. The number of rotatable bonds is 7. The number of hydrogen-bond donors (Lipinski definition) is 3. The Kier molecular flexibility index (Phi) is 7.44. The van der Waals surface area contributed by atoms with Gasteiger partial charge in [-0.1, -0.05) is 24.3 Å². The van der Waals surface area contributed by atoms with Crippen LogP contribution in [0.25, 0.3) is 0 Å². The van der Waals surface area contributed by atoms with Crippen LogP contribution in [0.1, 0.15) is 12.5 Å². The van der Waals surface area contributed by atoms with Crippen LogP contribution >= 0.6 is 0 Å². The molecule has 9 heteroatoms. The highest BCUT2D eigenvalue weighted by atomic mass is 19.1. The van der Waals surface area contributed by atoms with Crippen molar-refractivity contribution < 1.29 is 27.9 Å². The number of carbonyl (C=O) groups excluding carboxylic acids is 3. The van der Waals surface area contributed by atoms with Crippen molar-refractivity contribution in [2.45, 2.75) is 19.4 Å². The van der Waals surface area contributed by atoms with Crippen LogP contribution in [0.2, 0.25) is 0 Å². The van der Waals surface area contributed by atoms with E-state index in [1.54, 1.807) is 12.1 Å². The molecule has 1 atom stereocenters. The fraction of sp³-hybridized carbons (Fsp3) is 0.211. The summed E-state index contributed by atoms with van der Waals surface area (Å²) in [5, 5.41) is 2.35. The number of halogens is 2. The van der Waals surface area contributed by atoms with Crippen LogP contribution in [-0.2, 0) is 20.8 Å². The molecule has 2 rings (SSSR count). The molecule has 0 spiro atoms. The van der Waals surface area contributed by atoms with Gasteiger partial charge in [-0.05, 0) is 36.8 Å². The van der Waals surface area contributed by atoms with Crippen LogP contribution in [0, 0.1) is 11.6 Å². The molecule has 0 saturated carbocycles. The molecule has 0 saturated heterocycles. The maximum Gasteiger partial charge on any atom is 0.279 e. The van der Waals surface area contributed by atoms with Crippen molar-refractivity contribution in [3.8, 4) is 5.75 Å². The predicted octanol–water partition coefficient (Wildman–Crippen LogP) is 1.24. The molecule has 0 aliphatic rings. The first-order valence-electron chi connectivity index (χ1n) is 8.36. The SMILES string of the molecule is CC(Oc1ccccc1F)C(=O)NNC(=O)CNC(=O)Cc1cccc(F)c1. The van der Waals surface area contributed by atoms with Gasteiger partial charge in [0.25, 0.3) is 11.8 Å². The van der Waals surface area contributed by atoms with E-state index in [9.17, 15) is 23.2 Å². The predicted molar refractivity (Wildman–Crippen MR) is 95.9 cm³/mol. The Bertz CT molecular complexity index is 861. The average molecular weight is 391 g/mol. The van der Waals surface area contributed by atoms with E-state index in [-0.39, 0.29) is 12.2 Å². The number of para-hydroxylation sites is 1. The Morgan fingerprint density at radius 3 is 2.46 bits per heavy atom. The normalized spacial score (nSPS) is 11.2. The van der Waals surface area contributed by atoms with Crippen molar-refractivity contribution in [3.05, 3.63) is 65.7 Å². The Morgan fingerprint density at radius 1 is 1.00 bits per heavy atom. The molecule has 3 N–H and O–H groups in total. The van der Waals surface area contributed by atoms with Gasteiger partial charge < -0.3 is 10.1 Å². The third-order valence-electron chi connectivity index (χ3n) is 3.53. The van der Waals surface area contributed by atoms with E-state index < -0.39 is 42.0 Å². The average Bonchev–Trinajstić information content (AvgIpc) is 2.66. The lowest BCUT2D eigenvalue weighted by Gasteiger charge is -2.15. The first-order valence-corrected chi connectivity index (χ1v) is 8.36. The maximum absolute atomic E-state index is 13.5. The first-order chi connectivity index (χ1) is 13.3. The number of benzene rings is 2. The number of hydrazine groups is 1. The van der Waals surface area contributed by atoms with Gasteiger partial charge in [0.05, 0.1) is 13.0 Å². The summed E-state index contributed by atoms with van der Waals surface area (Å²) >= 11 is 0. The third kappa shape index (κ3) is 6.67. The highest BCUT2D eigenvalue weighted by Crippen LogP contribution is 2.16. The molecule has 2 aromatic carbocycles. The van der Waals surface area contributed by atoms with Gasteiger partial charge in [-0.2, -0.15) is 0 Å². The Labute approximate surface area is 160 Å². The molecule has 28 heavy (non-hydrogen) atoms. The Hall–Kier alpha value is -3.49. The van der Waals surface area contributed by atoms with Crippen LogP contribution in [-0.4, -0.2) is 30.4 Å². The lowest BCUT2D eigenvalue weighted by Crippen LogP contribution is -2.50. The van der Waals surface area contributed by atoms with Gasteiger partial charge in [0.15, 0.2) is 17.7 Å². The summed E-state index contributed by atoms with van der Waals surface area (Å²) in [7, 11) is 0. The molecule has 2 aromatic rings. The monoisotopic (exact) mass is 391 g/mol. The van der Waals surface area contributed by atoms with E-state index in [1.165, 1.54) is 43.3 Å². The molecule has 0 aliphatic carbocycles. The lowest BCUT2D eigenvalue weighted by atomic mass is 10.1. The zero-order chi connectivity index (χ0) is 20.5. The summed E-state index contributed by atoms with van der Waals surface area (Å²) in [4.78, 5) is 35.3. The lowest BCUT2D eigenvalue weighted by molar-refractivity contribution is -0.133. The minimum atomic E-state index is -1.07. The fourth-order valence-corrected chi connectivity index (χ4v) is 2.14. The molecule has 0 bridgehead atoms. The molecule has 0 aromatic heterocycles. The van der Waals surface area contributed by atoms with Crippen LogP contribution < -0.4 is 20.9 Å². The van der Waals surface area contributed by atoms with Gasteiger partial charge in [0, 0.05) is 0 Å². The van der Waals surface area contributed by atoms with Crippen molar-refractivity contribution in [3.63, 3.8) is 0 Å². The zero-order valence-corrected chi connectivity index (χ0v) is 15.0. The van der Waals surface area contributed by atoms with Crippen LogP contribution in [0.4, 0.5) is 8.78 Å². The fourth-order valence-electron chi connectivity index (χ4n) is 2.14. The van der Waals surface area contributed by atoms with E-state index in [0.29, 0.717) is 5.56 Å². The minimum absolute atomic E-state index is 0.0923. The number of amides is 3. The quantitative estimate of drug-likeness (QED) is 0.619. The number of hydrogen-bond acceptors (Lipinski definition) is 4. The van der Waals surface area contributed by atoms with Gasteiger partial charge in [-0.15, -0.1) is 0 Å². The van der Waals surface area contributed by atoms with E-state index in [0.717, 1.165) is 0 Å². The molecule has 1 unspecified atom stereocenters. The minimum Gasteiger partial charge on any atom is -0.478 e. The van der Waals surface area contributed by atoms with E-state index in [1.807, 2.05) is 0 Å². The third-order valence-corrected chi connectivity index (χ3v) is 3.53. The second kappa shape index (κ2) is 10.0. The van der Waals surface area contributed by atoms with Gasteiger partial charge in [0.1, 0.15) is 5.82 Å². The second-order valence-corrected chi connectivity index (χ2v) is 5.81. The smallest absolute Gasteiger partial charge is 0.279 e. The molecule has 7 nitrogen and oxygen atoms in total. The van der Waals surface area contributed by atoms with Crippen molar-refractivity contribution in [1.82, 2.24) is 16.2 Å². The summed E-state index contributed by atoms with van der Waals surface area (Å²) in [5.41, 5.74) is 4.68. The van der Waals surface area contributed by atoms with E-state index in [2.05, 4.69) is 16.2 Å². The van der Waals surface area contributed by atoms with Gasteiger partial charge >= 0.3 is 0 Å². The summed E-state index contributed by atoms with van der Waals surface area (Å²) < 4.78 is 31.7. The van der Waals surface area contributed by atoms with Gasteiger partial charge in [-0.25, -0.2) is 8.78 Å². The van der Waals surface area contributed by atoms with Crippen LogP contribution in [0.3, 0.4) is 0 Å². The van der Waals surface area contributed by atoms with Gasteiger partial charge in [0.2, 0.25) is 5.91 Å². The molecular weight excluding hydrogens is 372 g/mol. The van der Waals surface area contributed by atoms with Gasteiger partial charge in [-0.3, -0.25) is 25.2 Å². The largest absolute Gasteiger partial charge is 0.478 e. The van der Waals surface area contributed by atoms with Crippen LogP contribution in [0.15, 0.2) is 48.5 Å². The van der Waals surface area contributed by atoms with Crippen molar-refractivity contribution >= 4 is 17.7 Å². The second-order valence-electron chi connectivity index (χ2n) is 5.81. The van der Waals surface area contributed by atoms with Crippen molar-refractivity contribution in [2.24, 2.45) is 0 Å². The highest BCUT2D eigenvalue weighted by Gasteiger charge is 2.17. The van der Waals surface area contributed by atoms with Crippen molar-refractivity contribution in [2.75, 3.05) is 6.54 Å². The molecule has 0 fully saturated rings. The topological polar surface area (TPSA) is 96.5 Å². The maximum atomic E-state index is 13.5. The standard InChI is InChI=1S/C19H19F2N3O4/c1-12(28-16-8-3-2-7-15(16)21)19(27)24-23-18(26)11-22-17(25)10-13-5-4-6-14(20)9-13/h2-9,12H,10-11H2,1H3,(H,22,25)(H,23,26)(H,24,27). The van der Waals surface area contributed by atoms with E-state index >= 15 is 0 Å². The molecule has 0 aliphatic heterocycles. The zero-order valence-electron chi connectivity index (χ0n) is 15.0. The Morgan fingerprint density at radius 2 is 1.75 bits per heavy atom. The summed E-state index contributed by atoms with van der Waals surface area (Å²) in [5.74, 6) is -3.05. The number of carbonyl (C=O) groups is 3. The first kappa shape index (κ1) is 20.8. The molecule has 0 radical (unpaired) electrons. The number of ether oxygens (including phenoxy) is 1. The molecule has 0 heterocycles. The summed E-state index contributed by atoms with van der Waals surface area (Å²) in [6.45, 7) is 0.992. The molecular formula is C19H19F2N3O4. The van der Waals surface area contributed by atoms with Crippen molar-refractivity contribution in [1.29, 1.82) is 0 Å². The molecule has 3 amide bonds.